The molecule has 0 aliphatic heterocycles. The van der Waals surface area contributed by atoms with E-state index in [-0.39, 0.29) is 23.9 Å². The molecular formula is C20H15BrN4O4. The van der Waals surface area contributed by atoms with Crippen LogP contribution in [0.5, 0.6) is 5.75 Å². The lowest BCUT2D eigenvalue weighted by Gasteiger charge is -2.14. The number of methoxy groups -OCH3 is 1. The summed E-state index contributed by atoms with van der Waals surface area (Å²) in [5.74, 6) is 0.523. The summed E-state index contributed by atoms with van der Waals surface area (Å²) in [6.45, 7) is 0.0347. The monoisotopic (exact) mass is 454 g/mol. The van der Waals surface area contributed by atoms with Gasteiger partial charge >= 0.3 is 0 Å². The molecule has 0 fully saturated rings. The van der Waals surface area contributed by atoms with Crippen LogP contribution in [-0.4, -0.2) is 23.8 Å². The number of hydrogen-bond acceptors (Lipinski definition) is 7. The number of non-ortho nitro benzene ring substituents is 1. The van der Waals surface area contributed by atoms with Crippen molar-refractivity contribution in [2.24, 2.45) is 0 Å². The molecule has 3 aromatic rings. The number of nitro groups is 1. The number of nitrogens with two attached hydrogens (primary N) is 1. The second-order valence-corrected chi connectivity index (χ2v) is 6.84. The summed E-state index contributed by atoms with van der Waals surface area (Å²) in [5, 5.41) is 20.7. The molecule has 0 bridgehead atoms. The minimum atomic E-state index is -0.494. The maximum Gasteiger partial charge on any atom is 0.270 e. The fraction of sp³-hybridized carbons (Fsp3) is 0.100. The summed E-state index contributed by atoms with van der Waals surface area (Å²) in [5.41, 5.74) is 8.12. The lowest BCUT2D eigenvalue weighted by atomic mass is 9.98. The molecule has 0 saturated heterocycles. The Morgan fingerprint density at radius 1 is 1.24 bits per heavy atom. The van der Waals surface area contributed by atoms with Crippen molar-refractivity contribution in [2.75, 3.05) is 19.6 Å². The SMILES string of the molecule is COCOc1cc(Br)ccc1-c1cc(-c2cccc([N+](=O)[O-])c2)c(C#N)c(N)n1. The highest BCUT2D eigenvalue weighted by atomic mass is 79.9. The number of pyridine rings is 1. The van der Waals surface area contributed by atoms with Crippen molar-refractivity contribution in [2.45, 2.75) is 0 Å². The molecule has 0 aliphatic rings. The standard InChI is InChI=1S/C20H15BrN4O4/c1-28-11-29-19-8-13(21)5-6-15(19)18-9-16(17(10-22)20(23)24-18)12-3-2-4-14(7-12)25(26)27/h2-9H,11H2,1H3,(H2,23,24). The van der Waals surface area contributed by atoms with Gasteiger partial charge in [0.25, 0.3) is 5.69 Å². The van der Waals surface area contributed by atoms with Gasteiger partial charge in [-0.3, -0.25) is 10.1 Å². The lowest BCUT2D eigenvalue weighted by molar-refractivity contribution is -0.384. The normalized spacial score (nSPS) is 10.4. The highest BCUT2D eigenvalue weighted by molar-refractivity contribution is 9.10. The van der Waals surface area contributed by atoms with Crippen molar-refractivity contribution in [1.29, 1.82) is 5.26 Å². The van der Waals surface area contributed by atoms with Gasteiger partial charge in [-0.05, 0) is 29.8 Å². The highest BCUT2D eigenvalue weighted by Crippen LogP contribution is 2.37. The molecule has 0 spiro atoms. The zero-order valence-corrected chi connectivity index (χ0v) is 16.8. The average Bonchev–Trinajstić information content (AvgIpc) is 2.71. The Labute approximate surface area is 174 Å². The van der Waals surface area contributed by atoms with Crippen LogP contribution in [0.2, 0.25) is 0 Å². The van der Waals surface area contributed by atoms with E-state index in [9.17, 15) is 15.4 Å². The predicted octanol–water partition coefficient (Wildman–Crippen LogP) is 4.52. The van der Waals surface area contributed by atoms with Crippen LogP contribution in [0.25, 0.3) is 22.4 Å². The van der Waals surface area contributed by atoms with E-state index in [1.54, 1.807) is 30.3 Å². The van der Waals surface area contributed by atoms with Crippen LogP contribution in [0.15, 0.2) is 53.0 Å². The van der Waals surface area contributed by atoms with Crippen LogP contribution in [0.3, 0.4) is 0 Å². The molecule has 2 N–H and O–H groups in total. The van der Waals surface area contributed by atoms with E-state index in [4.69, 9.17) is 15.2 Å². The first kappa shape index (κ1) is 20.3. The molecule has 0 atom stereocenters. The van der Waals surface area contributed by atoms with Gasteiger partial charge in [-0.15, -0.1) is 0 Å². The van der Waals surface area contributed by atoms with Crippen molar-refractivity contribution in [3.05, 3.63) is 68.7 Å². The Balaban J connectivity index is 2.21. The summed E-state index contributed by atoms with van der Waals surface area (Å²) in [4.78, 5) is 15.0. The number of benzene rings is 2. The van der Waals surface area contributed by atoms with Crippen LogP contribution >= 0.6 is 15.9 Å². The predicted molar refractivity (Wildman–Crippen MR) is 111 cm³/mol. The first-order valence-corrected chi connectivity index (χ1v) is 9.11. The molecule has 8 nitrogen and oxygen atoms in total. The van der Waals surface area contributed by atoms with E-state index in [1.807, 2.05) is 12.1 Å². The van der Waals surface area contributed by atoms with Crippen molar-refractivity contribution in [3.63, 3.8) is 0 Å². The molecule has 0 aliphatic carbocycles. The second kappa shape index (κ2) is 8.68. The third-order valence-corrected chi connectivity index (χ3v) is 4.57. The Hall–Kier alpha value is -3.48. The summed E-state index contributed by atoms with van der Waals surface area (Å²) in [6, 6.07) is 15.1. The summed E-state index contributed by atoms with van der Waals surface area (Å²) in [6.07, 6.45) is 0. The first-order valence-electron chi connectivity index (χ1n) is 8.31. The van der Waals surface area contributed by atoms with E-state index < -0.39 is 4.92 Å². The zero-order valence-electron chi connectivity index (χ0n) is 15.3. The Kier molecular flexibility index (Phi) is 6.07. The largest absolute Gasteiger partial charge is 0.467 e. The van der Waals surface area contributed by atoms with Crippen molar-refractivity contribution in [1.82, 2.24) is 4.98 Å². The minimum absolute atomic E-state index is 0.0205. The number of hydrogen-bond donors (Lipinski definition) is 1. The molecule has 146 valence electrons. The van der Waals surface area contributed by atoms with E-state index >= 15 is 0 Å². The zero-order chi connectivity index (χ0) is 21.0. The molecule has 2 aromatic carbocycles. The fourth-order valence-corrected chi connectivity index (χ4v) is 3.12. The van der Waals surface area contributed by atoms with Gasteiger partial charge in [0.2, 0.25) is 0 Å². The van der Waals surface area contributed by atoms with Crippen molar-refractivity contribution in [3.8, 4) is 34.2 Å². The number of rotatable bonds is 6. The van der Waals surface area contributed by atoms with Crippen LogP contribution in [0, 0.1) is 21.4 Å². The summed E-state index contributed by atoms with van der Waals surface area (Å²) in [7, 11) is 1.51. The number of nitro benzene ring substituents is 1. The Bertz CT molecular complexity index is 1130. The molecule has 0 amide bonds. The number of aromatic nitrogens is 1. The lowest BCUT2D eigenvalue weighted by Crippen LogP contribution is -2.03. The number of halogens is 1. The maximum absolute atomic E-state index is 11.1. The minimum Gasteiger partial charge on any atom is -0.467 e. The van der Waals surface area contributed by atoms with Gasteiger partial charge in [-0.25, -0.2) is 4.98 Å². The molecule has 3 rings (SSSR count). The summed E-state index contributed by atoms with van der Waals surface area (Å²) >= 11 is 3.40. The quantitative estimate of drug-likeness (QED) is 0.329. The Morgan fingerprint density at radius 2 is 2.03 bits per heavy atom. The van der Waals surface area contributed by atoms with Gasteiger partial charge in [-0.2, -0.15) is 5.26 Å². The molecular weight excluding hydrogens is 440 g/mol. The first-order chi connectivity index (χ1) is 13.9. The number of anilines is 1. The molecule has 0 radical (unpaired) electrons. The maximum atomic E-state index is 11.1. The van der Waals surface area contributed by atoms with E-state index in [2.05, 4.69) is 20.9 Å². The molecule has 1 aromatic heterocycles. The van der Waals surface area contributed by atoms with Gasteiger partial charge in [0.1, 0.15) is 23.2 Å². The average molecular weight is 455 g/mol. The fourth-order valence-electron chi connectivity index (χ4n) is 2.78. The Morgan fingerprint density at radius 3 is 2.72 bits per heavy atom. The van der Waals surface area contributed by atoms with Gasteiger partial charge in [0.05, 0.1) is 10.6 Å². The van der Waals surface area contributed by atoms with Gasteiger partial charge in [-0.1, -0.05) is 28.1 Å². The number of nitrogen functional groups attached to an aromatic ring is 1. The third kappa shape index (κ3) is 4.34. The van der Waals surface area contributed by atoms with Gasteiger partial charge in [0, 0.05) is 34.8 Å². The molecule has 0 unspecified atom stereocenters. The number of nitriles is 1. The van der Waals surface area contributed by atoms with Crippen LogP contribution in [0.4, 0.5) is 11.5 Å². The number of ether oxygens (including phenoxy) is 2. The summed E-state index contributed by atoms with van der Waals surface area (Å²) < 4.78 is 11.4. The molecule has 29 heavy (non-hydrogen) atoms. The van der Waals surface area contributed by atoms with E-state index in [1.165, 1.54) is 19.2 Å². The van der Waals surface area contributed by atoms with E-state index in [0.717, 1.165) is 4.47 Å². The van der Waals surface area contributed by atoms with Crippen LogP contribution < -0.4 is 10.5 Å². The van der Waals surface area contributed by atoms with E-state index in [0.29, 0.717) is 28.1 Å². The van der Waals surface area contributed by atoms with Crippen molar-refractivity contribution >= 4 is 27.4 Å². The van der Waals surface area contributed by atoms with Crippen LogP contribution in [0.1, 0.15) is 5.56 Å². The molecule has 1 heterocycles. The molecule has 0 saturated carbocycles. The smallest absolute Gasteiger partial charge is 0.270 e. The third-order valence-electron chi connectivity index (χ3n) is 4.08. The highest BCUT2D eigenvalue weighted by Gasteiger charge is 2.18. The van der Waals surface area contributed by atoms with Gasteiger partial charge < -0.3 is 15.2 Å². The van der Waals surface area contributed by atoms with Crippen molar-refractivity contribution < 1.29 is 14.4 Å². The second-order valence-electron chi connectivity index (χ2n) is 5.93. The van der Waals surface area contributed by atoms with Crippen LogP contribution in [-0.2, 0) is 4.74 Å². The molecule has 9 heteroatoms. The van der Waals surface area contributed by atoms with Gasteiger partial charge in [0.15, 0.2) is 6.79 Å². The topological polar surface area (TPSA) is 124 Å². The number of nitrogens with zero attached hydrogens (tertiary/aromatic N) is 3.